The maximum Gasteiger partial charge on any atom is 0.260 e. The monoisotopic (exact) mass is 248 g/mol. The Bertz CT molecular complexity index is 395. The molecule has 0 aromatic heterocycles. The quantitative estimate of drug-likeness (QED) is 0.882. The second-order valence-electron chi connectivity index (χ2n) is 4.73. The summed E-state index contributed by atoms with van der Waals surface area (Å²) >= 11 is 0. The lowest BCUT2D eigenvalue weighted by Gasteiger charge is -2.15. The Labute approximate surface area is 108 Å². The van der Waals surface area contributed by atoms with E-state index in [9.17, 15) is 4.79 Å². The van der Waals surface area contributed by atoms with Gasteiger partial charge in [0, 0.05) is 19.1 Å². The average Bonchev–Trinajstić information content (AvgIpc) is 2.90. The SMILES string of the molecule is C[C@H](N)c1ccc(OCC(=O)N2CCCC2)cc1. The Morgan fingerprint density at radius 3 is 2.50 bits per heavy atom. The van der Waals surface area contributed by atoms with Crippen molar-refractivity contribution in [1.29, 1.82) is 0 Å². The lowest BCUT2D eigenvalue weighted by Crippen LogP contribution is -2.32. The molecule has 1 amide bonds. The van der Waals surface area contributed by atoms with Gasteiger partial charge in [0.15, 0.2) is 6.61 Å². The van der Waals surface area contributed by atoms with Gasteiger partial charge in [-0.1, -0.05) is 12.1 Å². The van der Waals surface area contributed by atoms with Crippen LogP contribution in [0.5, 0.6) is 5.75 Å². The van der Waals surface area contributed by atoms with Gasteiger partial charge in [-0.05, 0) is 37.5 Å². The Hall–Kier alpha value is -1.55. The first-order chi connectivity index (χ1) is 8.66. The minimum absolute atomic E-state index is 0.0188. The van der Waals surface area contributed by atoms with Crippen molar-refractivity contribution in [3.63, 3.8) is 0 Å². The molecule has 98 valence electrons. The summed E-state index contributed by atoms with van der Waals surface area (Å²) in [6.45, 7) is 3.79. The summed E-state index contributed by atoms with van der Waals surface area (Å²) in [5.74, 6) is 0.788. The molecule has 1 aromatic rings. The number of nitrogens with two attached hydrogens (primary N) is 1. The van der Waals surface area contributed by atoms with Crippen LogP contribution in [0.1, 0.15) is 31.4 Å². The zero-order chi connectivity index (χ0) is 13.0. The van der Waals surface area contributed by atoms with Gasteiger partial charge in [0.25, 0.3) is 5.91 Å². The van der Waals surface area contributed by atoms with Crippen LogP contribution in [0.2, 0.25) is 0 Å². The molecule has 0 radical (unpaired) electrons. The fraction of sp³-hybridized carbons (Fsp3) is 0.500. The van der Waals surface area contributed by atoms with Crippen LogP contribution in [0, 0.1) is 0 Å². The molecule has 4 heteroatoms. The van der Waals surface area contributed by atoms with E-state index in [1.807, 2.05) is 36.1 Å². The van der Waals surface area contributed by atoms with Crippen LogP contribution in [-0.4, -0.2) is 30.5 Å². The van der Waals surface area contributed by atoms with E-state index in [4.69, 9.17) is 10.5 Å². The maximum absolute atomic E-state index is 11.8. The Morgan fingerprint density at radius 1 is 1.33 bits per heavy atom. The van der Waals surface area contributed by atoms with Crippen LogP contribution in [0.3, 0.4) is 0 Å². The lowest BCUT2D eigenvalue weighted by molar-refractivity contribution is -0.132. The van der Waals surface area contributed by atoms with Gasteiger partial charge in [-0.2, -0.15) is 0 Å². The molecule has 4 nitrogen and oxygen atoms in total. The molecule has 0 spiro atoms. The van der Waals surface area contributed by atoms with Gasteiger partial charge >= 0.3 is 0 Å². The topological polar surface area (TPSA) is 55.6 Å². The van der Waals surface area contributed by atoms with E-state index in [0.717, 1.165) is 31.5 Å². The molecule has 0 aliphatic carbocycles. The highest BCUT2D eigenvalue weighted by Gasteiger charge is 2.17. The van der Waals surface area contributed by atoms with Crippen LogP contribution in [0.25, 0.3) is 0 Å². The molecule has 1 atom stereocenters. The minimum atomic E-state index is 0.0188. The van der Waals surface area contributed by atoms with Crippen molar-refractivity contribution in [2.45, 2.75) is 25.8 Å². The van der Waals surface area contributed by atoms with E-state index in [1.165, 1.54) is 0 Å². The van der Waals surface area contributed by atoms with Crippen LogP contribution in [-0.2, 0) is 4.79 Å². The Morgan fingerprint density at radius 2 is 1.94 bits per heavy atom. The van der Waals surface area contributed by atoms with Gasteiger partial charge in [0.05, 0.1) is 0 Å². The number of benzene rings is 1. The van der Waals surface area contributed by atoms with Crippen molar-refractivity contribution in [2.24, 2.45) is 5.73 Å². The van der Waals surface area contributed by atoms with Crippen molar-refractivity contribution in [3.8, 4) is 5.75 Å². The fourth-order valence-electron chi connectivity index (χ4n) is 2.07. The Kier molecular flexibility index (Phi) is 4.20. The van der Waals surface area contributed by atoms with E-state index in [1.54, 1.807) is 0 Å². The lowest BCUT2D eigenvalue weighted by atomic mass is 10.1. The minimum Gasteiger partial charge on any atom is -0.484 e. The molecule has 0 unspecified atom stereocenters. The second kappa shape index (κ2) is 5.87. The highest BCUT2D eigenvalue weighted by molar-refractivity contribution is 5.78. The van der Waals surface area contributed by atoms with Crippen molar-refractivity contribution in [1.82, 2.24) is 4.90 Å². The predicted octanol–water partition coefficient (Wildman–Crippen LogP) is 1.71. The number of hydrogen-bond acceptors (Lipinski definition) is 3. The summed E-state index contributed by atoms with van der Waals surface area (Å²) in [5, 5.41) is 0. The molecular weight excluding hydrogens is 228 g/mol. The van der Waals surface area contributed by atoms with Gasteiger partial charge in [-0.3, -0.25) is 4.79 Å². The number of nitrogens with zero attached hydrogens (tertiary/aromatic N) is 1. The van der Waals surface area contributed by atoms with Crippen molar-refractivity contribution in [2.75, 3.05) is 19.7 Å². The van der Waals surface area contributed by atoms with E-state index in [-0.39, 0.29) is 18.6 Å². The first-order valence-electron chi connectivity index (χ1n) is 6.43. The maximum atomic E-state index is 11.8. The molecule has 0 saturated carbocycles. The highest BCUT2D eigenvalue weighted by atomic mass is 16.5. The molecule has 1 aliphatic rings. The first kappa shape index (κ1) is 12.9. The van der Waals surface area contributed by atoms with E-state index in [0.29, 0.717) is 5.75 Å². The Balaban J connectivity index is 1.84. The first-order valence-corrected chi connectivity index (χ1v) is 6.43. The standard InChI is InChI=1S/C14H20N2O2/c1-11(15)12-4-6-13(7-5-12)18-10-14(17)16-8-2-3-9-16/h4-7,11H,2-3,8-10,15H2,1H3/t11-/m0/s1. The molecule has 2 N–H and O–H groups in total. The van der Waals surface area contributed by atoms with Crippen LogP contribution in [0.4, 0.5) is 0 Å². The van der Waals surface area contributed by atoms with Gasteiger partial charge < -0.3 is 15.4 Å². The molecule has 1 saturated heterocycles. The van der Waals surface area contributed by atoms with Gasteiger partial charge in [-0.15, -0.1) is 0 Å². The van der Waals surface area contributed by atoms with Crippen LogP contribution < -0.4 is 10.5 Å². The summed E-state index contributed by atoms with van der Waals surface area (Å²) in [5.41, 5.74) is 6.83. The fourth-order valence-corrected chi connectivity index (χ4v) is 2.07. The highest BCUT2D eigenvalue weighted by Crippen LogP contribution is 2.16. The third kappa shape index (κ3) is 3.23. The van der Waals surface area contributed by atoms with E-state index >= 15 is 0 Å². The molecule has 2 rings (SSSR count). The summed E-state index contributed by atoms with van der Waals surface area (Å²) in [6.07, 6.45) is 2.21. The van der Waals surface area contributed by atoms with E-state index < -0.39 is 0 Å². The normalized spacial score (nSPS) is 16.7. The number of rotatable bonds is 4. The summed E-state index contributed by atoms with van der Waals surface area (Å²) < 4.78 is 5.48. The number of ether oxygens (including phenoxy) is 1. The third-order valence-electron chi connectivity index (χ3n) is 3.23. The molecular formula is C14H20N2O2. The number of likely N-dealkylation sites (tertiary alicyclic amines) is 1. The second-order valence-corrected chi connectivity index (χ2v) is 4.73. The molecule has 1 heterocycles. The zero-order valence-corrected chi connectivity index (χ0v) is 10.8. The summed E-state index contributed by atoms with van der Waals surface area (Å²) in [7, 11) is 0. The molecule has 18 heavy (non-hydrogen) atoms. The van der Waals surface area contributed by atoms with Gasteiger partial charge in [0.1, 0.15) is 5.75 Å². The number of carbonyl (C=O) groups is 1. The van der Waals surface area contributed by atoms with Crippen molar-refractivity contribution >= 4 is 5.91 Å². The van der Waals surface area contributed by atoms with Crippen LogP contribution >= 0.6 is 0 Å². The molecule has 0 bridgehead atoms. The summed E-state index contributed by atoms with van der Waals surface area (Å²) in [4.78, 5) is 13.6. The zero-order valence-electron chi connectivity index (χ0n) is 10.8. The molecule has 1 fully saturated rings. The average molecular weight is 248 g/mol. The third-order valence-corrected chi connectivity index (χ3v) is 3.23. The number of carbonyl (C=O) groups excluding carboxylic acids is 1. The smallest absolute Gasteiger partial charge is 0.260 e. The number of hydrogen-bond donors (Lipinski definition) is 1. The summed E-state index contributed by atoms with van der Waals surface area (Å²) in [6, 6.07) is 7.59. The van der Waals surface area contributed by atoms with Crippen LogP contribution in [0.15, 0.2) is 24.3 Å². The number of amides is 1. The van der Waals surface area contributed by atoms with E-state index in [2.05, 4.69) is 0 Å². The molecule has 1 aliphatic heterocycles. The predicted molar refractivity (Wildman–Crippen MR) is 70.4 cm³/mol. The van der Waals surface area contributed by atoms with Gasteiger partial charge in [0.2, 0.25) is 0 Å². The van der Waals surface area contributed by atoms with Crippen molar-refractivity contribution < 1.29 is 9.53 Å². The van der Waals surface area contributed by atoms with Crippen molar-refractivity contribution in [3.05, 3.63) is 29.8 Å². The largest absolute Gasteiger partial charge is 0.484 e. The van der Waals surface area contributed by atoms with Gasteiger partial charge in [-0.25, -0.2) is 0 Å². The molecule has 1 aromatic carbocycles.